The summed E-state index contributed by atoms with van der Waals surface area (Å²) >= 11 is 3.35. The minimum atomic E-state index is 0.304. The molecule has 0 aliphatic heterocycles. The van der Waals surface area contributed by atoms with Crippen molar-refractivity contribution in [1.29, 1.82) is 0 Å². The summed E-state index contributed by atoms with van der Waals surface area (Å²) in [6.45, 7) is 5.58. The maximum absolute atomic E-state index is 9.46. The first-order chi connectivity index (χ1) is 8.54. The van der Waals surface area contributed by atoms with Crippen LogP contribution in [0.4, 0.5) is 0 Å². The van der Waals surface area contributed by atoms with Crippen LogP contribution in [0.2, 0.25) is 0 Å². The predicted molar refractivity (Wildman–Crippen MR) is 78.6 cm³/mol. The molecule has 1 saturated carbocycles. The first-order valence-corrected chi connectivity index (χ1v) is 7.54. The molecule has 2 nitrogen and oxygen atoms in total. The quantitative estimate of drug-likeness (QED) is 0.882. The largest absolute Gasteiger partial charge is 0.507 e. The predicted octanol–water partition coefficient (Wildman–Crippen LogP) is 4.07. The van der Waals surface area contributed by atoms with Gasteiger partial charge in [0.15, 0.2) is 0 Å². The van der Waals surface area contributed by atoms with E-state index in [1.165, 1.54) is 24.8 Å². The third-order valence-electron chi connectivity index (χ3n) is 3.79. The average Bonchev–Trinajstić information content (AvgIpc) is 2.29. The highest BCUT2D eigenvalue weighted by molar-refractivity contribution is 9.10. The minimum Gasteiger partial charge on any atom is -0.507 e. The average molecular weight is 312 g/mol. The lowest BCUT2D eigenvalue weighted by Gasteiger charge is -2.32. The van der Waals surface area contributed by atoms with Crippen molar-refractivity contribution in [3.05, 3.63) is 28.2 Å². The van der Waals surface area contributed by atoms with E-state index < -0.39 is 0 Å². The van der Waals surface area contributed by atoms with Gasteiger partial charge in [0.2, 0.25) is 0 Å². The molecule has 2 unspecified atom stereocenters. The Morgan fingerprint density at radius 3 is 2.50 bits per heavy atom. The fourth-order valence-corrected chi connectivity index (χ4v) is 3.46. The van der Waals surface area contributed by atoms with Crippen LogP contribution in [-0.2, 0) is 6.54 Å². The molecule has 1 fully saturated rings. The molecule has 2 rings (SSSR count). The Labute approximate surface area is 118 Å². The molecule has 0 spiro atoms. The second-order valence-corrected chi connectivity index (χ2v) is 6.64. The smallest absolute Gasteiger partial charge is 0.129 e. The Bertz CT molecular complexity index is 397. The van der Waals surface area contributed by atoms with Gasteiger partial charge in [0.25, 0.3) is 0 Å². The van der Waals surface area contributed by atoms with Crippen LogP contribution in [0, 0.1) is 11.8 Å². The van der Waals surface area contributed by atoms with Crippen molar-refractivity contribution in [2.45, 2.75) is 45.7 Å². The van der Waals surface area contributed by atoms with Crippen LogP contribution < -0.4 is 5.32 Å². The molecular formula is C15H22BrNO. The van der Waals surface area contributed by atoms with Crippen LogP contribution in [-0.4, -0.2) is 11.1 Å². The SMILES string of the molecule is CC1CC(C)CC(NCc2ccc(O)c(Br)c2)C1. The molecule has 1 aliphatic carbocycles. The maximum Gasteiger partial charge on any atom is 0.129 e. The van der Waals surface area contributed by atoms with Crippen LogP contribution in [0.5, 0.6) is 5.75 Å². The number of halogens is 1. The van der Waals surface area contributed by atoms with E-state index in [1.54, 1.807) is 6.07 Å². The molecule has 18 heavy (non-hydrogen) atoms. The van der Waals surface area contributed by atoms with E-state index in [2.05, 4.69) is 35.1 Å². The molecule has 0 radical (unpaired) electrons. The first kappa shape index (κ1) is 13.9. The molecule has 0 amide bonds. The summed E-state index contributed by atoms with van der Waals surface area (Å²) in [7, 11) is 0. The summed E-state index contributed by atoms with van der Waals surface area (Å²) in [5.74, 6) is 1.97. The van der Waals surface area contributed by atoms with E-state index in [-0.39, 0.29) is 0 Å². The molecule has 100 valence electrons. The van der Waals surface area contributed by atoms with Gasteiger partial charge in [-0.25, -0.2) is 0 Å². The number of hydrogen-bond donors (Lipinski definition) is 2. The number of nitrogens with one attached hydrogen (secondary N) is 1. The second-order valence-electron chi connectivity index (χ2n) is 5.78. The van der Waals surface area contributed by atoms with Crippen LogP contribution in [0.3, 0.4) is 0 Å². The molecule has 1 aromatic carbocycles. The van der Waals surface area contributed by atoms with Gasteiger partial charge in [-0.1, -0.05) is 19.9 Å². The van der Waals surface area contributed by atoms with Crippen LogP contribution in [0.25, 0.3) is 0 Å². The lowest BCUT2D eigenvalue weighted by atomic mass is 9.80. The van der Waals surface area contributed by atoms with Crippen molar-refractivity contribution in [2.75, 3.05) is 0 Å². The van der Waals surface area contributed by atoms with Gasteiger partial charge in [0.1, 0.15) is 5.75 Å². The van der Waals surface area contributed by atoms with E-state index in [0.29, 0.717) is 11.8 Å². The first-order valence-electron chi connectivity index (χ1n) is 6.75. The number of aromatic hydroxyl groups is 1. The van der Waals surface area contributed by atoms with Gasteiger partial charge >= 0.3 is 0 Å². The number of phenolic OH excluding ortho intramolecular Hbond substituents is 1. The van der Waals surface area contributed by atoms with Gasteiger partial charge in [0.05, 0.1) is 4.47 Å². The van der Waals surface area contributed by atoms with Gasteiger partial charge in [0, 0.05) is 12.6 Å². The number of rotatable bonds is 3. The van der Waals surface area contributed by atoms with Gasteiger partial charge < -0.3 is 10.4 Å². The van der Waals surface area contributed by atoms with Crippen LogP contribution >= 0.6 is 15.9 Å². The zero-order chi connectivity index (χ0) is 13.1. The lowest BCUT2D eigenvalue weighted by Crippen LogP contribution is -2.35. The van der Waals surface area contributed by atoms with Gasteiger partial charge in [-0.3, -0.25) is 0 Å². The highest BCUT2D eigenvalue weighted by Gasteiger charge is 2.23. The number of phenols is 1. The van der Waals surface area contributed by atoms with Gasteiger partial charge in [-0.15, -0.1) is 0 Å². The van der Waals surface area contributed by atoms with Crippen molar-refractivity contribution in [1.82, 2.24) is 5.32 Å². The molecule has 2 N–H and O–H groups in total. The van der Waals surface area contributed by atoms with E-state index in [4.69, 9.17) is 0 Å². The van der Waals surface area contributed by atoms with E-state index in [9.17, 15) is 5.11 Å². The number of benzene rings is 1. The Kier molecular flexibility index (Phi) is 4.68. The van der Waals surface area contributed by atoms with Gasteiger partial charge in [-0.2, -0.15) is 0 Å². The Hall–Kier alpha value is -0.540. The third kappa shape index (κ3) is 3.72. The minimum absolute atomic E-state index is 0.304. The molecule has 1 aromatic rings. The monoisotopic (exact) mass is 311 g/mol. The topological polar surface area (TPSA) is 32.3 Å². The van der Waals surface area contributed by atoms with Crippen molar-refractivity contribution in [3.8, 4) is 5.75 Å². The van der Waals surface area contributed by atoms with E-state index >= 15 is 0 Å². The normalized spacial score (nSPS) is 28.3. The second kappa shape index (κ2) is 6.07. The molecule has 0 bridgehead atoms. The maximum atomic E-state index is 9.46. The van der Waals surface area contributed by atoms with Crippen LogP contribution in [0.15, 0.2) is 22.7 Å². The molecule has 0 aromatic heterocycles. The summed E-state index contributed by atoms with van der Waals surface area (Å²) < 4.78 is 0.771. The Morgan fingerprint density at radius 1 is 1.22 bits per heavy atom. The summed E-state index contributed by atoms with van der Waals surface area (Å²) in [5, 5.41) is 13.1. The zero-order valence-corrected chi connectivity index (χ0v) is 12.7. The molecule has 3 heteroatoms. The van der Waals surface area contributed by atoms with Gasteiger partial charge in [-0.05, 0) is 64.7 Å². The third-order valence-corrected chi connectivity index (χ3v) is 4.42. The fourth-order valence-electron chi connectivity index (χ4n) is 3.04. The Balaban J connectivity index is 1.89. The highest BCUT2D eigenvalue weighted by Crippen LogP contribution is 2.29. The summed E-state index contributed by atoms with van der Waals surface area (Å²) in [6, 6.07) is 6.34. The van der Waals surface area contributed by atoms with Crippen molar-refractivity contribution in [2.24, 2.45) is 11.8 Å². The standard InChI is InChI=1S/C15H22BrNO/c1-10-5-11(2)7-13(6-10)17-9-12-3-4-15(18)14(16)8-12/h3-4,8,10-11,13,17-18H,5-7,9H2,1-2H3. The van der Waals surface area contributed by atoms with Crippen LogP contribution in [0.1, 0.15) is 38.7 Å². The molecule has 2 atom stereocenters. The fraction of sp³-hybridized carbons (Fsp3) is 0.600. The van der Waals surface area contributed by atoms with Crippen molar-refractivity contribution in [3.63, 3.8) is 0 Å². The summed E-state index contributed by atoms with van der Waals surface area (Å²) in [5.41, 5.74) is 1.21. The highest BCUT2D eigenvalue weighted by atomic mass is 79.9. The molecule has 0 saturated heterocycles. The molecule has 0 heterocycles. The number of hydrogen-bond acceptors (Lipinski definition) is 2. The zero-order valence-electron chi connectivity index (χ0n) is 11.1. The molecule has 1 aliphatic rings. The van der Waals surface area contributed by atoms with E-state index in [1.807, 2.05) is 12.1 Å². The van der Waals surface area contributed by atoms with Crippen molar-refractivity contribution < 1.29 is 5.11 Å². The van der Waals surface area contributed by atoms with Crippen molar-refractivity contribution >= 4 is 15.9 Å². The lowest BCUT2D eigenvalue weighted by molar-refractivity contribution is 0.238. The molecular weight excluding hydrogens is 290 g/mol. The summed E-state index contributed by atoms with van der Waals surface area (Å²) in [6.07, 6.45) is 3.93. The van der Waals surface area contributed by atoms with E-state index in [0.717, 1.165) is 22.9 Å². The Morgan fingerprint density at radius 2 is 1.89 bits per heavy atom. The summed E-state index contributed by atoms with van der Waals surface area (Å²) in [4.78, 5) is 0.